The van der Waals surface area contributed by atoms with Crippen LogP contribution in [0.15, 0.2) is 48.5 Å². The predicted molar refractivity (Wildman–Crippen MR) is 109 cm³/mol. The van der Waals surface area contributed by atoms with Crippen LogP contribution in [0.5, 0.6) is 5.75 Å². The van der Waals surface area contributed by atoms with Crippen molar-refractivity contribution in [1.29, 1.82) is 0 Å². The van der Waals surface area contributed by atoms with Gasteiger partial charge >= 0.3 is 0 Å². The highest BCUT2D eigenvalue weighted by atomic mass is 32.2. The molecule has 0 atom stereocenters. The van der Waals surface area contributed by atoms with E-state index in [0.29, 0.717) is 31.9 Å². The van der Waals surface area contributed by atoms with E-state index < -0.39 is 10.0 Å². The van der Waals surface area contributed by atoms with E-state index in [4.69, 9.17) is 4.74 Å². The van der Waals surface area contributed by atoms with Gasteiger partial charge in [0.2, 0.25) is 15.9 Å². The fraction of sp³-hybridized carbons (Fsp3) is 0.381. The zero-order valence-electron chi connectivity index (χ0n) is 16.3. The van der Waals surface area contributed by atoms with Gasteiger partial charge in [0.05, 0.1) is 19.3 Å². The van der Waals surface area contributed by atoms with Crippen LogP contribution in [0.25, 0.3) is 0 Å². The molecule has 2 aromatic carbocycles. The number of ether oxygens (including phenoxy) is 1. The Morgan fingerprint density at radius 2 is 1.71 bits per heavy atom. The van der Waals surface area contributed by atoms with Crippen LogP contribution in [0.2, 0.25) is 0 Å². The number of amides is 1. The molecule has 1 fully saturated rings. The van der Waals surface area contributed by atoms with Gasteiger partial charge in [0.15, 0.2) is 0 Å². The highest BCUT2D eigenvalue weighted by Gasteiger charge is 2.29. The lowest BCUT2D eigenvalue weighted by Crippen LogP contribution is -2.51. The van der Waals surface area contributed by atoms with E-state index in [2.05, 4.69) is 0 Å². The van der Waals surface area contributed by atoms with Crippen molar-refractivity contribution in [3.05, 3.63) is 65.2 Å². The summed E-state index contributed by atoms with van der Waals surface area (Å²) < 4.78 is 32.1. The van der Waals surface area contributed by atoms with Crippen molar-refractivity contribution < 1.29 is 17.9 Å². The molecular weight excluding hydrogens is 376 g/mol. The summed E-state index contributed by atoms with van der Waals surface area (Å²) in [5, 5.41) is 0. The molecule has 0 unspecified atom stereocenters. The molecule has 0 aromatic heterocycles. The first-order chi connectivity index (χ1) is 13.4. The third-order valence-electron chi connectivity index (χ3n) is 4.95. The fourth-order valence-corrected chi connectivity index (χ4v) is 4.93. The molecule has 0 bridgehead atoms. The summed E-state index contributed by atoms with van der Waals surface area (Å²) in [7, 11) is -1.79. The maximum Gasteiger partial charge on any atom is 0.227 e. The highest BCUT2D eigenvalue weighted by molar-refractivity contribution is 7.88. The maximum atomic E-state index is 12.7. The Labute approximate surface area is 166 Å². The molecule has 28 heavy (non-hydrogen) atoms. The molecule has 1 amide bonds. The van der Waals surface area contributed by atoms with Crippen molar-refractivity contribution in [1.82, 2.24) is 9.21 Å². The van der Waals surface area contributed by atoms with Crippen molar-refractivity contribution in [2.24, 2.45) is 0 Å². The molecular formula is C21H26N2O4S. The van der Waals surface area contributed by atoms with E-state index in [-0.39, 0.29) is 18.1 Å². The first-order valence-electron chi connectivity index (χ1n) is 9.32. The molecule has 0 saturated carbocycles. The zero-order chi connectivity index (χ0) is 20.1. The Balaban J connectivity index is 1.59. The molecule has 0 spiro atoms. The second-order valence-electron chi connectivity index (χ2n) is 7.01. The van der Waals surface area contributed by atoms with Gasteiger partial charge < -0.3 is 9.64 Å². The number of hydrogen-bond donors (Lipinski definition) is 0. The van der Waals surface area contributed by atoms with Gasteiger partial charge in [-0.05, 0) is 18.6 Å². The van der Waals surface area contributed by atoms with Crippen LogP contribution in [0, 0.1) is 6.92 Å². The molecule has 1 aliphatic heterocycles. The van der Waals surface area contributed by atoms with Gasteiger partial charge in [0.1, 0.15) is 5.75 Å². The fourth-order valence-electron chi connectivity index (χ4n) is 3.41. The molecule has 0 N–H and O–H groups in total. The third-order valence-corrected chi connectivity index (χ3v) is 6.80. The van der Waals surface area contributed by atoms with Gasteiger partial charge in [-0.25, -0.2) is 8.42 Å². The van der Waals surface area contributed by atoms with Gasteiger partial charge in [-0.1, -0.05) is 48.0 Å². The van der Waals surface area contributed by atoms with Crippen LogP contribution in [0.3, 0.4) is 0 Å². The summed E-state index contributed by atoms with van der Waals surface area (Å²) >= 11 is 0. The number of sulfonamides is 1. The van der Waals surface area contributed by atoms with Crippen molar-refractivity contribution in [3.8, 4) is 5.75 Å². The molecule has 0 radical (unpaired) electrons. The molecule has 1 aliphatic rings. The average Bonchev–Trinajstić information content (AvgIpc) is 2.69. The minimum absolute atomic E-state index is 0.0102. The molecule has 2 aromatic rings. The van der Waals surface area contributed by atoms with Crippen molar-refractivity contribution >= 4 is 15.9 Å². The van der Waals surface area contributed by atoms with Crippen molar-refractivity contribution in [3.63, 3.8) is 0 Å². The molecule has 1 heterocycles. The number of rotatable bonds is 6. The summed E-state index contributed by atoms with van der Waals surface area (Å²) in [5.41, 5.74) is 2.69. The smallest absolute Gasteiger partial charge is 0.227 e. The molecule has 6 nitrogen and oxygen atoms in total. The second-order valence-corrected chi connectivity index (χ2v) is 8.98. The number of carbonyl (C=O) groups excluding carboxylic acids is 1. The maximum absolute atomic E-state index is 12.7. The minimum atomic E-state index is -3.39. The Hall–Kier alpha value is -2.38. The Kier molecular flexibility index (Phi) is 6.36. The number of aryl methyl sites for hydroxylation is 1. The minimum Gasteiger partial charge on any atom is -0.496 e. The summed E-state index contributed by atoms with van der Waals surface area (Å²) in [4.78, 5) is 14.4. The Morgan fingerprint density at radius 3 is 2.36 bits per heavy atom. The first kappa shape index (κ1) is 20.4. The molecule has 150 valence electrons. The van der Waals surface area contributed by atoms with Gasteiger partial charge in [0, 0.05) is 31.7 Å². The predicted octanol–water partition coefficient (Wildman–Crippen LogP) is 2.22. The van der Waals surface area contributed by atoms with Crippen LogP contribution in [-0.2, 0) is 27.0 Å². The van der Waals surface area contributed by atoms with E-state index in [9.17, 15) is 13.2 Å². The SMILES string of the molecule is COc1ccc(C)cc1CC(=O)N1CCN(S(=O)(=O)Cc2ccccc2)CC1. The van der Waals surface area contributed by atoms with E-state index in [1.54, 1.807) is 12.0 Å². The summed E-state index contributed by atoms with van der Waals surface area (Å²) in [6.07, 6.45) is 0.252. The van der Waals surface area contributed by atoms with Crippen molar-refractivity contribution in [2.45, 2.75) is 19.1 Å². The van der Waals surface area contributed by atoms with Gasteiger partial charge in [-0.15, -0.1) is 0 Å². The van der Waals surface area contributed by atoms with E-state index in [1.165, 1.54) is 4.31 Å². The standard InChI is InChI=1S/C21H26N2O4S/c1-17-8-9-20(27-2)19(14-17)15-21(24)22-10-12-23(13-11-22)28(25,26)16-18-6-4-3-5-7-18/h3-9,14H,10-13,15-16H2,1-2H3. The van der Waals surface area contributed by atoms with Crippen LogP contribution in [0.1, 0.15) is 16.7 Å². The van der Waals surface area contributed by atoms with E-state index in [0.717, 1.165) is 16.7 Å². The number of carbonyl (C=O) groups is 1. The Bertz CT molecular complexity index is 921. The van der Waals surface area contributed by atoms with E-state index >= 15 is 0 Å². The molecule has 3 rings (SSSR count). The van der Waals surface area contributed by atoms with Gasteiger partial charge in [-0.3, -0.25) is 4.79 Å². The number of hydrogen-bond acceptors (Lipinski definition) is 4. The van der Waals surface area contributed by atoms with Crippen LogP contribution in [0.4, 0.5) is 0 Å². The molecule has 1 saturated heterocycles. The van der Waals surface area contributed by atoms with Gasteiger partial charge in [-0.2, -0.15) is 4.31 Å². The lowest BCUT2D eigenvalue weighted by molar-refractivity contribution is -0.131. The number of benzene rings is 2. The van der Waals surface area contributed by atoms with Crippen LogP contribution in [-0.4, -0.2) is 56.8 Å². The summed E-state index contributed by atoms with van der Waals surface area (Å²) in [6, 6.07) is 14.9. The quantitative estimate of drug-likeness (QED) is 0.743. The third kappa shape index (κ3) is 4.91. The topological polar surface area (TPSA) is 66.9 Å². The lowest BCUT2D eigenvalue weighted by Gasteiger charge is -2.34. The summed E-state index contributed by atoms with van der Waals surface area (Å²) in [6.45, 7) is 3.43. The molecule has 0 aliphatic carbocycles. The normalized spacial score (nSPS) is 15.4. The zero-order valence-corrected chi connectivity index (χ0v) is 17.1. The number of piperazine rings is 1. The van der Waals surface area contributed by atoms with Crippen LogP contribution >= 0.6 is 0 Å². The Morgan fingerprint density at radius 1 is 1.04 bits per heavy atom. The monoisotopic (exact) mass is 402 g/mol. The van der Waals surface area contributed by atoms with Gasteiger partial charge in [0.25, 0.3) is 0 Å². The van der Waals surface area contributed by atoms with E-state index in [1.807, 2.05) is 55.5 Å². The number of nitrogens with zero attached hydrogens (tertiary/aromatic N) is 2. The van der Waals surface area contributed by atoms with Crippen molar-refractivity contribution in [2.75, 3.05) is 33.3 Å². The molecule has 7 heteroatoms. The van der Waals surface area contributed by atoms with Crippen LogP contribution < -0.4 is 4.74 Å². The number of methoxy groups -OCH3 is 1. The first-order valence-corrected chi connectivity index (χ1v) is 10.9. The average molecular weight is 403 g/mol. The largest absolute Gasteiger partial charge is 0.496 e. The highest BCUT2D eigenvalue weighted by Crippen LogP contribution is 2.21. The summed E-state index contributed by atoms with van der Waals surface area (Å²) in [5.74, 6) is 0.675. The second kappa shape index (κ2) is 8.75. The lowest BCUT2D eigenvalue weighted by atomic mass is 10.1.